The summed E-state index contributed by atoms with van der Waals surface area (Å²) in [7, 11) is 0. The van der Waals surface area contributed by atoms with E-state index < -0.39 is 0 Å². The van der Waals surface area contributed by atoms with Gasteiger partial charge in [0.25, 0.3) is 5.91 Å². The molecule has 24 heavy (non-hydrogen) atoms. The number of ether oxygens (including phenoxy) is 1. The van der Waals surface area contributed by atoms with Crippen molar-refractivity contribution in [1.82, 2.24) is 10.6 Å². The van der Waals surface area contributed by atoms with Crippen LogP contribution in [0.4, 0.5) is 5.00 Å². The van der Waals surface area contributed by atoms with Crippen molar-refractivity contribution in [2.45, 2.75) is 45.1 Å². The Morgan fingerprint density at radius 1 is 1.33 bits per heavy atom. The van der Waals surface area contributed by atoms with Crippen molar-refractivity contribution in [2.75, 3.05) is 31.6 Å². The number of hydrogen-bond acceptors (Lipinski definition) is 5. The standard InChI is InChI=1S/C17H25N3O3S/c1-2-19-16(22)15-12-5-3-4-6-13(12)24-17(15)20-14(21)9-11-10-18-7-8-23-11/h11,18H,2-10H2,1H3,(H,19,22)(H,20,21)/t11-/m0/s1. The Kier molecular flexibility index (Phi) is 5.86. The van der Waals surface area contributed by atoms with E-state index in [4.69, 9.17) is 4.74 Å². The van der Waals surface area contributed by atoms with Crippen LogP contribution in [0.15, 0.2) is 0 Å². The molecule has 132 valence electrons. The molecule has 7 heteroatoms. The SMILES string of the molecule is CCNC(=O)c1c(NC(=O)C[C@H]2CNCCO2)sc2c1CCCC2. The van der Waals surface area contributed by atoms with Crippen molar-refractivity contribution in [2.24, 2.45) is 0 Å². The molecule has 0 spiro atoms. The van der Waals surface area contributed by atoms with Gasteiger partial charge in [0, 0.05) is 24.5 Å². The maximum absolute atomic E-state index is 12.5. The number of carbonyl (C=O) groups is 2. The molecule has 0 unspecified atom stereocenters. The zero-order valence-electron chi connectivity index (χ0n) is 14.1. The fourth-order valence-corrected chi connectivity index (χ4v) is 4.58. The Bertz CT molecular complexity index is 608. The van der Waals surface area contributed by atoms with Crippen LogP contribution < -0.4 is 16.0 Å². The lowest BCUT2D eigenvalue weighted by Crippen LogP contribution is -2.40. The Morgan fingerprint density at radius 3 is 2.92 bits per heavy atom. The number of thiophene rings is 1. The molecule has 0 bridgehead atoms. The lowest BCUT2D eigenvalue weighted by Gasteiger charge is -2.23. The molecular weight excluding hydrogens is 326 g/mol. The van der Waals surface area contributed by atoms with Gasteiger partial charge in [-0.1, -0.05) is 0 Å². The number of morpholine rings is 1. The van der Waals surface area contributed by atoms with Crippen LogP contribution in [-0.2, 0) is 22.4 Å². The van der Waals surface area contributed by atoms with E-state index >= 15 is 0 Å². The Labute approximate surface area is 146 Å². The molecule has 1 aliphatic heterocycles. The van der Waals surface area contributed by atoms with Crippen molar-refractivity contribution >= 4 is 28.2 Å². The molecule has 1 aromatic heterocycles. The van der Waals surface area contributed by atoms with E-state index in [0.29, 0.717) is 36.7 Å². The van der Waals surface area contributed by atoms with Crippen LogP contribution in [0.2, 0.25) is 0 Å². The molecule has 1 atom stereocenters. The first kappa shape index (κ1) is 17.4. The molecule has 3 N–H and O–H groups in total. The average Bonchev–Trinajstić information content (AvgIpc) is 2.93. The molecule has 2 aliphatic rings. The van der Waals surface area contributed by atoms with Crippen molar-refractivity contribution in [3.63, 3.8) is 0 Å². The first-order valence-corrected chi connectivity index (χ1v) is 9.55. The quantitative estimate of drug-likeness (QED) is 0.754. The van der Waals surface area contributed by atoms with E-state index in [-0.39, 0.29) is 17.9 Å². The van der Waals surface area contributed by atoms with Gasteiger partial charge in [0.2, 0.25) is 5.91 Å². The molecule has 3 rings (SSSR count). The van der Waals surface area contributed by atoms with Crippen LogP contribution in [0.3, 0.4) is 0 Å². The van der Waals surface area contributed by atoms with Gasteiger partial charge in [0.15, 0.2) is 0 Å². The van der Waals surface area contributed by atoms with Crippen LogP contribution in [-0.4, -0.2) is 44.2 Å². The highest BCUT2D eigenvalue weighted by atomic mass is 32.1. The number of hydrogen-bond donors (Lipinski definition) is 3. The van der Waals surface area contributed by atoms with Gasteiger partial charge < -0.3 is 20.7 Å². The zero-order valence-corrected chi connectivity index (χ0v) is 14.9. The minimum absolute atomic E-state index is 0.0808. The second-order valence-electron chi connectivity index (χ2n) is 6.22. The number of aryl methyl sites for hydroxylation is 1. The molecule has 1 aromatic rings. The number of fused-ring (bicyclic) bond motifs is 1. The maximum Gasteiger partial charge on any atom is 0.254 e. The second-order valence-corrected chi connectivity index (χ2v) is 7.33. The van der Waals surface area contributed by atoms with Crippen LogP contribution in [0.5, 0.6) is 0 Å². The van der Waals surface area contributed by atoms with E-state index in [2.05, 4.69) is 16.0 Å². The fourth-order valence-electron chi connectivity index (χ4n) is 3.28. The average molecular weight is 351 g/mol. The normalized spacial score (nSPS) is 20.3. The minimum Gasteiger partial charge on any atom is -0.375 e. The lowest BCUT2D eigenvalue weighted by atomic mass is 9.95. The van der Waals surface area contributed by atoms with Crippen LogP contribution in [0.1, 0.15) is 47.0 Å². The number of amides is 2. The Hall–Kier alpha value is -1.44. The fraction of sp³-hybridized carbons (Fsp3) is 0.647. The molecule has 0 saturated carbocycles. The molecule has 2 heterocycles. The predicted octanol–water partition coefficient (Wildman–Crippen LogP) is 1.69. The van der Waals surface area contributed by atoms with Crippen molar-refractivity contribution in [1.29, 1.82) is 0 Å². The van der Waals surface area contributed by atoms with Gasteiger partial charge in [0.05, 0.1) is 24.7 Å². The smallest absolute Gasteiger partial charge is 0.254 e. The number of nitrogens with one attached hydrogen (secondary N) is 3. The predicted molar refractivity (Wildman–Crippen MR) is 94.8 cm³/mol. The molecule has 6 nitrogen and oxygen atoms in total. The highest BCUT2D eigenvalue weighted by Gasteiger charge is 2.26. The Balaban J connectivity index is 1.75. The summed E-state index contributed by atoms with van der Waals surface area (Å²) >= 11 is 1.56. The number of rotatable bonds is 5. The number of carbonyl (C=O) groups excluding carboxylic acids is 2. The third-order valence-electron chi connectivity index (χ3n) is 4.41. The third kappa shape index (κ3) is 3.96. The van der Waals surface area contributed by atoms with E-state index in [1.807, 2.05) is 6.92 Å². The molecule has 1 fully saturated rings. The molecule has 1 aliphatic carbocycles. The van der Waals surface area contributed by atoms with E-state index in [0.717, 1.165) is 37.8 Å². The Morgan fingerprint density at radius 2 is 2.17 bits per heavy atom. The van der Waals surface area contributed by atoms with Gasteiger partial charge >= 0.3 is 0 Å². The molecular formula is C17H25N3O3S. The summed E-state index contributed by atoms with van der Waals surface area (Å²) in [6.45, 7) is 4.64. The summed E-state index contributed by atoms with van der Waals surface area (Å²) < 4.78 is 5.58. The van der Waals surface area contributed by atoms with Crippen molar-refractivity contribution in [3.8, 4) is 0 Å². The van der Waals surface area contributed by atoms with E-state index in [1.165, 1.54) is 4.88 Å². The van der Waals surface area contributed by atoms with Crippen LogP contribution in [0.25, 0.3) is 0 Å². The van der Waals surface area contributed by atoms with Gasteiger partial charge in [-0.15, -0.1) is 11.3 Å². The lowest BCUT2D eigenvalue weighted by molar-refractivity contribution is -0.119. The summed E-state index contributed by atoms with van der Waals surface area (Å²) in [4.78, 5) is 26.1. The van der Waals surface area contributed by atoms with E-state index in [1.54, 1.807) is 11.3 Å². The maximum atomic E-state index is 12.5. The van der Waals surface area contributed by atoms with Gasteiger partial charge in [-0.05, 0) is 38.2 Å². The molecule has 2 amide bonds. The van der Waals surface area contributed by atoms with Gasteiger partial charge in [-0.25, -0.2) is 0 Å². The summed E-state index contributed by atoms with van der Waals surface area (Å²) in [5.74, 6) is -0.171. The van der Waals surface area contributed by atoms with Crippen LogP contribution in [0, 0.1) is 0 Å². The molecule has 0 aromatic carbocycles. The van der Waals surface area contributed by atoms with Gasteiger partial charge in [-0.2, -0.15) is 0 Å². The zero-order chi connectivity index (χ0) is 16.9. The summed E-state index contributed by atoms with van der Waals surface area (Å²) in [6.07, 6.45) is 4.38. The van der Waals surface area contributed by atoms with Crippen LogP contribution >= 0.6 is 11.3 Å². The minimum atomic E-state index is -0.0961. The molecule has 0 radical (unpaired) electrons. The van der Waals surface area contributed by atoms with Gasteiger partial charge in [-0.3, -0.25) is 9.59 Å². The topological polar surface area (TPSA) is 79.5 Å². The highest BCUT2D eigenvalue weighted by Crippen LogP contribution is 2.38. The first-order chi connectivity index (χ1) is 11.7. The highest BCUT2D eigenvalue weighted by molar-refractivity contribution is 7.17. The summed E-state index contributed by atoms with van der Waals surface area (Å²) in [5.41, 5.74) is 1.80. The summed E-state index contributed by atoms with van der Waals surface area (Å²) in [5, 5.41) is 9.76. The van der Waals surface area contributed by atoms with Crippen molar-refractivity contribution in [3.05, 3.63) is 16.0 Å². The van der Waals surface area contributed by atoms with Gasteiger partial charge in [0.1, 0.15) is 5.00 Å². The van der Waals surface area contributed by atoms with E-state index in [9.17, 15) is 9.59 Å². The second kappa shape index (κ2) is 8.09. The monoisotopic (exact) mass is 351 g/mol. The largest absolute Gasteiger partial charge is 0.375 e. The summed E-state index contributed by atoms with van der Waals surface area (Å²) in [6, 6.07) is 0. The number of anilines is 1. The first-order valence-electron chi connectivity index (χ1n) is 8.74. The van der Waals surface area contributed by atoms with Crippen molar-refractivity contribution < 1.29 is 14.3 Å². The molecule has 1 saturated heterocycles. The third-order valence-corrected chi connectivity index (χ3v) is 5.61.